The second-order valence-corrected chi connectivity index (χ2v) is 5.57. The SMILES string of the molecule is COc1ccc(CCNc2cnc(C(=O)NCc3ccco3)cn2)cc1. The molecule has 0 bridgehead atoms. The van der Waals surface area contributed by atoms with Crippen molar-refractivity contribution in [1.29, 1.82) is 0 Å². The average Bonchev–Trinajstić information content (AvgIpc) is 3.21. The molecule has 7 nitrogen and oxygen atoms in total. The quantitative estimate of drug-likeness (QED) is 0.648. The van der Waals surface area contributed by atoms with Crippen LogP contribution in [0.25, 0.3) is 0 Å². The third kappa shape index (κ3) is 4.83. The molecule has 1 aromatic carbocycles. The molecule has 0 fully saturated rings. The number of aromatic nitrogens is 2. The highest BCUT2D eigenvalue weighted by molar-refractivity contribution is 5.91. The summed E-state index contributed by atoms with van der Waals surface area (Å²) in [6, 6.07) is 11.5. The van der Waals surface area contributed by atoms with E-state index in [1.165, 1.54) is 11.8 Å². The van der Waals surface area contributed by atoms with E-state index >= 15 is 0 Å². The standard InChI is InChI=1S/C19H20N4O3/c1-25-15-6-4-14(5-7-15)8-9-20-18-13-21-17(12-22-18)19(24)23-11-16-3-2-10-26-16/h2-7,10,12-13H,8-9,11H2,1H3,(H,20,22)(H,23,24). The van der Waals surface area contributed by atoms with E-state index in [2.05, 4.69) is 20.6 Å². The fourth-order valence-corrected chi connectivity index (χ4v) is 2.33. The number of anilines is 1. The number of nitrogens with zero attached hydrogens (tertiary/aromatic N) is 2. The van der Waals surface area contributed by atoms with Crippen LogP contribution in [0.3, 0.4) is 0 Å². The lowest BCUT2D eigenvalue weighted by Gasteiger charge is -2.07. The molecule has 0 spiro atoms. The summed E-state index contributed by atoms with van der Waals surface area (Å²) in [5.41, 5.74) is 1.46. The van der Waals surface area contributed by atoms with Crippen molar-refractivity contribution < 1.29 is 13.9 Å². The molecule has 0 saturated carbocycles. The highest BCUT2D eigenvalue weighted by Crippen LogP contribution is 2.12. The van der Waals surface area contributed by atoms with E-state index in [0.29, 0.717) is 24.7 Å². The fourth-order valence-electron chi connectivity index (χ4n) is 2.33. The number of hydrogen-bond acceptors (Lipinski definition) is 6. The first-order chi connectivity index (χ1) is 12.7. The van der Waals surface area contributed by atoms with Crippen LogP contribution in [0, 0.1) is 0 Å². The molecule has 7 heteroatoms. The summed E-state index contributed by atoms with van der Waals surface area (Å²) in [5, 5.41) is 5.92. The predicted octanol–water partition coefficient (Wildman–Crippen LogP) is 2.66. The van der Waals surface area contributed by atoms with Crippen molar-refractivity contribution in [3.05, 3.63) is 72.1 Å². The molecule has 3 aromatic rings. The van der Waals surface area contributed by atoms with Gasteiger partial charge in [0.25, 0.3) is 5.91 Å². The minimum absolute atomic E-state index is 0.261. The van der Waals surface area contributed by atoms with E-state index in [-0.39, 0.29) is 11.6 Å². The number of amides is 1. The van der Waals surface area contributed by atoms with E-state index in [9.17, 15) is 4.79 Å². The van der Waals surface area contributed by atoms with Crippen LogP contribution >= 0.6 is 0 Å². The van der Waals surface area contributed by atoms with Gasteiger partial charge >= 0.3 is 0 Å². The van der Waals surface area contributed by atoms with E-state index in [0.717, 1.165) is 12.2 Å². The minimum atomic E-state index is -0.293. The molecular weight excluding hydrogens is 332 g/mol. The van der Waals surface area contributed by atoms with Crippen LogP contribution in [-0.2, 0) is 13.0 Å². The third-order valence-corrected chi connectivity index (χ3v) is 3.77. The maximum atomic E-state index is 12.0. The van der Waals surface area contributed by atoms with Gasteiger partial charge in [-0.2, -0.15) is 0 Å². The first-order valence-corrected chi connectivity index (χ1v) is 8.24. The molecule has 2 aromatic heterocycles. The van der Waals surface area contributed by atoms with Gasteiger partial charge in [-0.25, -0.2) is 9.97 Å². The Morgan fingerprint density at radius 3 is 2.65 bits per heavy atom. The summed E-state index contributed by atoms with van der Waals surface area (Å²) in [4.78, 5) is 20.4. The lowest BCUT2D eigenvalue weighted by molar-refractivity contribution is 0.0942. The Balaban J connectivity index is 1.45. The highest BCUT2D eigenvalue weighted by Gasteiger charge is 2.08. The third-order valence-electron chi connectivity index (χ3n) is 3.77. The second kappa shape index (κ2) is 8.66. The molecule has 0 aliphatic carbocycles. The highest BCUT2D eigenvalue weighted by atomic mass is 16.5. The lowest BCUT2D eigenvalue weighted by atomic mass is 10.1. The molecule has 2 heterocycles. The first kappa shape index (κ1) is 17.5. The Hall–Kier alpha value is -3.35. The Labute approximate surface area is 151 Å². The van der Waals surface area contributed by atoms with Gasteiger partial charge in [-0.3, -0.25) is 4.79 Å². The van der Waals surface area contributed by atoms with Crippen LogP contribution in [0.2, 0.25) is 0 Å². The Bertz CT molecular complexity index is 815. The summed E-state index contributed by atoms with van der Waals surface area (Å²) in [6.45, 7) is 1.03. The maximum Gasteiger partial charge on any atom is 0.271 e. The van der Waals surface area contributed by atoms with Crippen LogP contribution in [0.5, 0.6) is 5.75 Å². The van der Waals surface area contributed by atoms with E-state index < -0.39 is 0 Å². The van der Waals surface area contributed by atoms with Gasteiger partial charge in [-0.15, -0.1) is 0 Å². The Morgan fingerprint density at radius 1 is 1.15 bits per heavy atom. The number of ether oxygens (including phenoxy) is 1. The summed E-state index contributed by atoms with van der Waals surface area (Å²) in [5.74, 6) is 1.86. The summed E-state index contributed by atoms with van der Waals surface area (Å²) < 4.78 is 10.3. The molecule has 2 N–H and O–H groups in total. The molecule has 134 valence electrons. The molecule has 0 aliphatic heterocycles. The minimum Gasteiger partial charge on any atom is -0.497 e. The molecule has 0 aliphatic rings. The van der Waals surface area contributed by atoms with Gasteiger partial charge in [0.15, 0.2) is 0 Å². The van der Waals surface area contributed by atoms with Crippen molar-refractivity contribution in [3.63, 3.8) is 0 Å². The van der Waals surface area contributed by atoms with Gasteiger partial charge in [0.2, 0.25) is 0 Å². The lowest BCUT2D eigenvalue weighted by Crippen LogP contribution is -2.23. The van der Waals surface area contributed by atoms with Crippen molar-refractivity contribution in [3.8, 4) is 5.75 Å². The van der Waals surface area contributed by atoms with Gasteiger partial charge in [0, 0.05) is 6.54 Å². The molecule has 1 amide bonds. The van der Waals surface area contributed by atoms with Crippen LogP contribution in [-0.4, -0.2) is 29.5 Å². The second-order valence-electron chi connectivity index (χ2n) is 5.57. The number of nitrogens with one attached hydrogen (secondary N) is 2. The van der Waals surface area contributed by atoms with Crippen LogP contribution < -0.4 is 15.4 Å². The number of carbonyl (C=O) groups excluding carboxylic acids is 1. The molecule has 26 heavy (non-hydrogen) atoms. The van der Waals surface area contributed by atoms with Crippen molar-refractivity contribution in [2.24, 2.45) is 0 Å². The Kier molecular flexibility index (Phi) is 5.82. The van der Waals surface area contributed by atoms with Crippen molar-refractivity contribution in [1.82, 2.24) is 15.3 Å². The summed E-state index contributed by atoms with van der Waals surface area (Å²) >= 11 is 0. The average molecular weight is 352 g/mol. The van der Waals surface area contributed by atoms with Crippen molar-refractivity contribution >= 4 is 11.7 Å². The predicted molar refractivity (Wildman–Crippen MR) is 97.1 cm³/mol. The number of carbonyl (C=O) groups is 1. The topological polar surface area (TPSA) is 89.3 Å². The van der Waals surface area contributed by atoms with Crippen molar-refractivity contribution in [2.45, 2.75) is 13.0 Å². The first-order valence-electron chi connectivity index (χ1n) is 8.24. The summed E-state index contributed by atoms with van der Waals surface area (Å²) in [6.07, 6.45) is 5.41. The normalized spacial score (nSPS) is 10.3. The molecule has 0 saturated heterocycles. The van der Waals surface area contributed by atoms with Crippen LogP contribution in [0.15, 0.2) is 59.5 Å². The van der Waals surface area contributed by atoms with Crippen molar-refractivity contribution in [2.75, 3.05) is 19.0 Å². The van der Waals surface area contributed by atoms with Gasteiger partial charge in [0.05, 0.1) is 32.3 Å². The maximum absolute atomic E-state index is 12.0. The number of furan rings is 1. The monoisotopic (exact) mass is 352 g/mol. The number of rotatable bonds is 8. The molecular formula is C19H20N4O3. The van der Waals surface area contributed by atoms with Gasteiger partial charge < -0.3 is 19.8 Å². The van der Waals surface area contributed by atoms with Gasteiger partial charge in [-0.1, -0.05) is 12.1 Å². The fraction of sp³-hybridized carbons (Fsp3) is 0.211. The van der Waals surface area contributed by atoms with Crippen LogP contribution in [0.1, 0.15) is 21.8 Å². The van der Waals surface area contributed by atoms with E-state index in [1.807, 2.05) is 24.3 Å². The van der Waals surface area contributed by atoms with Gasteiger partial charge in [0.1, 0.15) is 23.0 Å². The van der Waals surface area contributed by atoms with E-state index in [4.69, 9.17) is 9.15 Å². The smallest absolute Gasteiger partial charge is 0.271 e. The van der Waals surface area contributed by atoms with E-state index in [1.54, 1.807) is 31.7 Å². The molecule has 0 atom stereocenters. The zero-order chi connectivity index (χ0) is 18.2. The zero-order valence-electron chi connectivity index (χ0n) is 14.4. The number of benzene rings is 1. The molecule has 0 unspecified atom stereocenters. The molecule has 3 rings (SSSR count). The van der Waals surface area contributed by atoms with Gasteiger partial charge in [-0.05, 0) is 36.2 Å². The zero-order valence-corrected chi connectivity index (χ0v) is 14.4. The number of hydrogen-bond donors (Lipinski definition) is 2. The summed E-state index contributed by atoms with van der Waals surface area (Å²) in [7, 11) is 1.65. The largest absolute Gasteiger partial charge is 0.497 e. The molecule has 0 radical (unpaired) electrons. The van der Waals surface area contributed by atoms with Crippen LogP contribution in [0.4, 0.5) is 5.82 Å². The number of methoxy groups -OCH3 is 1. The Morgan fingerprint density at radius 2 is 2.00 bits per heavy atom.